The molecule has 2 aromatic rings. The molecule has 18 heavy (non-hydrogen) atoms. The number of rotatable bonds is 2. The third-order valence-electron chi connectivity index (χ3n) is 2.76. The number of anilines is 1. The number of hydrogen-bond acceptors (Lipinski definition) is 1. The predicted octanol–water partition coefficient (Wildman–Crippen LogP) is 4.21. The maximum Gasteiger partial charge on any atom is 0.257 e. The van der Waals surface area contributed by atoms with Crippen molar-refractivity contribution in [1.29, 1.82) is 0 Å². The van der Waals surface area contributed by atoms with Gasteiger partial charge >= 0.3 is 0 Å². The average Bonchev–Trinajstić information content (AvgIpc) is 2.32. The summed E-state index contributed by atoms with van der Waals surface area (Å²) in [6.45, 7) is 3.89. The minimum atomic E-state index is -0.186. The van der Waals surface area contributed by atoms with E-state index in [0.717, 1.165) is 16.8 Å². The number of para-hydroxylation sites is 1. The van der Waals surface area contributed by atoms with E-state index in [-0.39, 0.29) is 5.91 Å². The van der Waals surface area contributed by atoms with E-state index < -0.39 is 0 Å². The second-order valence-electron chi connectivity index (χ2n) is 4.25. The lowest BCUT2D eigenvalue weighted by atomic mass is 10.1. The third-order valence-corrected chi connectivity index (χ3v) is 3.08. The minimum absolute atomic E-state index is 0.186. The van der Waals surface area contributed by atoms with Crippen molar-refractivity contribution in [1.82, 2.24) is 0 Å². The monoisotopic (exact) mass is 259 g/mol. The van der Waals surface area contributed by atoms with E-state index >= 15 is 0 Å². The van der Waals surface area contributed by atoms with Gasteiger partial charge in [0.25, 0.3) is 5.91 Å². The fourth-order valence-electron chi connectivity index (χ4n) is 1.71. The Morgan fingerprint density at radius 1 is 1.11 bits per heavy atom. The molecule has 0 aliphatic carbocycles. The third kappa shape index (κ3) is 2.71. The van der Waals surface area contributed by atoms with Crippen molar-refractivity contribution < 1.29 is 4.79 Å². The van der Waals surface area contributed by atoms with Crippen LogP contribution in [0.25, 0.3) is 0 Å². The number of nitrogens with one attached hydrogen (secondary N) is 1. The van der Waals surface area contributed by atoms with Crippen LogP contribution < -0.4 is 5.32 Å². The van der Waals surface area contributed by atoms with E-state index in [4.69, 9.17) is 11.6 Å². The molecule has 0 aliphatic heterocycles. The van der Waals surface area contributed by atoms with Gasteiger partial charge < -0.3 is 5.32 Å². The van der Waals surface area contributed by atoms with Gasteiger partial charge in [0, 0.05) is 5.69 Å². The zero-order chi connectivity index (χ0) is 13.1. The minimum Gasteiger partial charge on any atom is -0.322 e. The molecular formula is C15H14ClNO. The van der Waals surface area contributed by atoms with E-state index in [0.29, 0.717) is 10.6 Å². The van der Waals surface area contributed by atoms with Gasteiger partial charge in [0.05, 0.1) is 10.6 Å². The predicted molar refractivity (Wildman–Crippen MR) is 75.3 cm³/mol. The Morgan fingerprint density at radius 2 is 1.83 bits per heavy atom. The van der Waals surface area contributed by atoms with Gasteiger partial charge in [0.2, 0.25) is 0 Å². The highest BCUT2D eigenvalue weighted by Gasteiger charge is 2.11. The Hall–Kier alpha value is -1.80. The normalized spacial score (nSPS) is 10.2. The first kappa shape index (κ1) is 12.7. The van der Waals surface area contributed by atoms with E-state index in [2.05, 4.69) is 5.32 Å². The number of benzene rings is 2. The Balaban J connectivity index is 2.25. The van der Waals surface area contributed by atoms with Crippen LogP contribution in [0.1, 0.15) is 21.5 Å². The first-order valence-corrected chi connectivity index (χ1v) is 6.09. The maximum atomic E-state index is 12.1. The quantitative estimate of drug-likeness (QED) is 0.860. The van der Waals surface area contributed by atoms with E-state index in [9.17, 15) is 4.79 Å². The van der Waals surface area contributed by atoms with E-state index in [1.807, 2.05) is 44.2 Å². The van der Waals surface area contributed by atoms with Crippen molar-refractivity contribution in [2.75, 3.05) is 5.32 Å². The number of carbonyl (C=O) groups is 1. The molecule has 2 rings (SSSR count). The average molecular weight is 260 g/mol. The summed E-state index contributed by atoms with van der Waals surface area (Å²) in [6.07, 6.45) is 0. The Bertz CT molecular complexity index is 593. The summed E-state index contributed by atoms with van der Waals surface area (Å²) in [5.41, 5.74) is 3.35. The summed E-state index contributed by atoms with van der Waals surface area (Å²) >= 11 is 6.07. The second-order valence-corrected chi connectivity index (χ2v) is 4.66. The molecule has 1 N–H and O–H groups in total. The smallest absolute Gasteiger partial charge is 0.257 e. The van der Waals surface area contributed by atoms with Crippen LogP contribution in [0.4, 0.5) is 5.69 Å². The van der Waals surface area contributed by atoms with E-state index in [1.54, 1.807) is 12.1 Å². The van der Waals surface area contributed by atoms with Crippen LogP contribution in [0.5, 0.6) is 0 Å². The van der Waals surface area contributed by atoms with Gasteiger partial charge in [-0.15, -0.1) is 0 Å². The molecule has 0 bridgehead atoms. The fraction of sp³-hybridized carbons (Fsp3) is 0.133. The van der Waals surface area contributed by atoms with Crippen LogP contribution in [0.15, 0.2) is 42.5 Å². The lowest BCUT2D eigenvalue weighted by molar-refractivity contribution is 0.102. The van der Waals surface area contributed by atoms with Crippen molar-refractivity contribution in [3.63, 3.8) is 0 Å². The molecule has 92 valence electrons. The molecule has 0 aliphatic rings. The maximum absolute atomic E-state index is 12.1. The van der Waals surface area contributed by atoms with Crippen LogP contribution >= 0.6 is 11.6 Å². The highest BCUT2D eigenvalue weighted by molar-refractivity contribution is 6.34. The molecule has 2 nitrogen and oxygen atoms in total. The topological polar surface area (TPSA) is 29.1 Å². The lowest BCUT2D eigenvalue weighted by Gasteiger charge is -2.09. The molecule has 0 fully saturated rings. The van der Waals surface area contributed by atoms with Gasteiger partial charge in [0.15, 0.2) is 0 Å². The largest absolute Gasteiger partial charge is 0.322 e. The number of hydrogen-bond donors (Lipinski definition) is 1. The van der Waals surface area contributed by atoms with Gasteiger partial charge in [-0.05, 0) is 43.2 Å². The van der Waals surface area contributed by atoms with Gasteiger partial charge in [-0.3, -0.25) is 4.79 Å². The molecule has 0 spiro atoms. The van der Waals surface area contributed by atoms with Crippen molar-refractivity contribution in [3.8, 4) is 0 Å². The highest BCUT2D eigenvalue weighted by atomic mass is 35.5. The standard InChI is InChI=1S/C15H14ClNO/c1-10-7-8-12(13(16)9-10)15(18)17-14-6-4-3-5-11(14)2/h3-9H,1-2H3,(H,17,18). The molecule has 0 atom stereocenters. The molecule has 0 unspecified atom stereocenters. The lowest BCUT2D eigenvalue weighted by Crippen LogP contribution is -2.13. The number of aryl methyl sites for hydroxylation is 2. The summed E-state index contributed by atoms with van der Waals surface area (Å²) in [5.74, 6) is -0.186. The van der Waals surface area contributed by atoms with Gasteiger partial charge in [-0.1, -0.05) is 35.9 Å². The molecule has 0 saturated carbocycles. The second kappa shape index (κ2) is 5.23. The summed E-state index contributed by atoms with van der Waals surface area (Å²) in [6, 6.07) is 13.0. The molecule has 2 aromatic carbocycles. The number of carbonyl (C=O) groups excluding carboxylic acids is 1. The van der Waals surface area contributed by atoms with Crippen LogP contribution in [0, 0.1) is 13.8 Å². The van der Waals surface area contributed by atoms with Gasteiger partial charge in [-0.2, -0.15) is 0 Å². The first-order chi connectivity index (χ1) is 8.58. The highest BCUT2D eigenvalue weighted by Crippen LogP contribution is 2.20. The van der Waals surface area contributed by atoms with Crippen LogP contribution in [-0.4, -0.2) is 5.91 Å². The number of amides is 1. The van der Waals surface area contributed by atoms with Crippen molar-refractivity contribution >= 4 is 23.2 Å². The van der Waals surface area contributed by atoms with Crippen molar-refractivity contribution in [2.45, 2.75) is 13.8 Å². The fourth-order valence-corrected chi connectivity index (χ4v) is 2.03. The molecule has 0 aromatic heterocycles. The molecule has 3 heteroatoms. The Labute approximate surface area is 112 Å². The summed E-state index contributed by atoms with van der Waals surface area (Å²) < 4.78 is 0. The van der Waals surface area contributed by atoms with Gasteiger partial charge in [-0.25, -0.2) is 0 Å². The number of halogens is 1. The van der Waals surface area contributed by atoms with Crippen molar-refractivity contribution in [3.05, 3.63) is 64.2 Å². The first-order valence-electron chi connectivity index (χ1n) is 5.71. The van der Waals surface area contributed by atoms with Crippen LogP contribution in [-0.2, 0) is 0 Å². The van der Waals surface area contributed by atoms with Gasteiger partial charge in [0.1, 0.15) is 0 Å². The zero-order valence-corrected chi connectivity index (χ0v) is 11.1. The summed E-state index contributed by atoms with van der Waals surface area (Å²) in [4.78, 5) is 12.1. The van der Waals surface area contributed by atoms with E-state index in [1.165, 1.54) is 0 Å². The Kier molecular flexibility index (Phi) is 3.68. The molecule has 0 heterocycles. The summed E-state index contributed by atoms with van der Waals surface area (Å²) in [5, 5.41) is 3.34. The molecule has 0 radical (unpaired) electrons. The van der Waals surface area contributed by atoms with Crippen LogP contribution in [0.2, 0.25) is 5.02 Å². The molecule has 1 amide bonds. The van der Waals surface area contributed by atoms with Crippen molar-refractivity contribution in [2.24, 2.45) is 0 Å². The summed E-state index contributed by atoms with van der Waals surface area (Å²) in [7, 11) is 0. The Morgan fingerprint density at radius 3 is 2.50 bits per heavy atom. The molecule has 0 saturated heterocycles. The zero-order valence-electron chi connectivity index (χ0n) is 10.3. The van der Waals surface area contributed by atoms with Crippen LogP contribution in [0.3, 0.4) is 0 Å². The molecular weight excluding hydrogens is 246 g/mol. The SMILES string of the molecule is Cc1ccc(C(=O)Nc2ccccc2C)c(Cl)c1.